The molecule has 1 atom stereocenters. The second-order valence-corrected chi connectivity index (χ2v) is 13.0. The third-order valence-corrected chi connectivity index (χ3v) is 8.21. The van der Waals surface area contributed by atoms with Crippen LogP contribution in [0.5, 0.6) is 0 Å². The minimum absolute atomic E-state index is 0.114. The Morgan fingerprint density at radius 3 is 2.10 bits per heavy atom. The van der Waals surface area contributed by atoms with Crippen LogP contribution in [0.2, 0.25) is 15.1 Å². The summed E-state index contributed by atoms with van der Waals surface area (Å²) in [5, 5.41) is 3.88. The average Bonchev–Trinajstić information content (AvgIpc) is 2.89. The van der Waals surface area contributed by atoms with Gasteiger partial charge in [-0.1, -0.05) is 91.1 Å². The van der Waals surface area contributed by atoms with Gasteiger partial charge in [0.15, 0.2) is 0 Å². The Morgan fingerprint density at radius 1 is 0.900 bits per heavy atom. The number of hydrogen-bond donors (Lipinski definition) is 1. The average molecular weight is 625 g/mol. The molecular weight excluding hydrogens is 593 g/mol. The van der Waals surface area contributed by atoms with E-state index in [4.69, 9.17) is 34.8 Å². The van der Waals surface area contributed by atoms with Crippen LogP contribution < -0.4 is 9.62 Å². The van der Waals surface area contributed by atoms with Crippen molar-refractivity contribution in [2.24, 2.45) is 5.92 Å². The first kappa shape index (κ1) is 31.7. The van der Waals surface area contributed by atoms with E-state index in [0.29, 0.717) is 27.2 Å². The zero-order valence-corrected chi connectivity index (χ0v) is 25.6. The number of rotatable bonds is 12. The van der Waals surface area contributed by atoms with E-state index >= 15 is 0 Å². The third-order valence-electron chi connectivity index (χ3n) is 6.12. The van der Waals surface area contributed by atoms with E-state index < -0.39 is 28.5 Å². The molecule has 0 radical (unpaired) electrons. The smallest absolute Gasteiger partial charge is 0.244 e. The molecule has 3 aromatic carbocycles. The molecule has 0 fully saturated rings. The van der Waals surface area contributed by atoms with Crippen molar-refractivity contribution in [3.63, 3.8) is 0 Å². The molecule has 0 heterocycles. The van der Waals surface area contributed by atoms with E-state index in [-0.39, 0.29) is 30.5 Å². The standard InChI is InChI=1S/C29H32Cl3N3O4S/c1-20(2)17-33-29(37)27(15-21-9-5-4-6-10-21)34(18-24-25(31)13-8-14-26(24)32)28(36)19-35(40(3,38)39)23-12-7-11-22(30)16-23/h4-14,16,20,27H,15,17-19H2,1-3H3,(H,33,37)/t27-/m0/s1. The van der Waals surface area contributed by atoms with Crippen molar-refractivity contribution in [1.82, 2.24) is 10.2 Å². The monoisotopic (exact) mass is 623 g/mol. The highest BCUT2D eigenvalue weighted by molar-refractivity contribution is 7.92. The molecule has 40 heavy (non-hydrogen) atoms. The minimum Gasteiger partial charge on any atom is -0.354 e. The van der Waals surface area contributed by atoms with E-state index in [0.717, 1.165) is 16.1 Å². The Labute approximate surface area is 251 Å². The van der Waals surface area contributed by atoms with Gasteiger partial charge in [0.1, 0.15) is 12.6 Å². The van der Waals surface area contributed by atoms with Crippen molar-refractivity contribution in [3.05, 3.63) is 99.0 Å². The SMILES string of the molecule is CC(C)CNC(=O)[C@H](Cc1ccccc1)N(Cc1c(Cl)cccc1Cl)C(=O)CN(c1cccc(Cl)c1)S(C)(=O)=O. The summed E-state index contributed by atoms with van der Waals surface area (Å²) < 4.78 is 26.6. The lowest BCUT2D eigenvalue weighted by Crippen LogP contribution is -2.53. The minimum atomic E-state index is -3.90. The summed E-state index contributed by atoms with van der Waals surface area (Å²) in [7, 11) is -3.90. The highest BCUT2D eigenvalue weighted by Crippen LogP contribution is 2.28. The fourth-order valence-electron chi connectivity index (χ4n) is 4.08. The summed E-state index contributed by atoms with van der Waals surface area (Å²) in [6.07, 6.45) is 1.20. The fraction of sp³-hybridized carbons (Fsp3) is 0.310. The predicted molar refractivity (Wildman–Crippen MR) is 162 cm³/mol. The number of nitrogens with zero attached hydrogens (tertiary/aromatic N) is 2. The topological polar surface area (TPSA) is 86.8 Å². The van der Waals surface area contributed by atoms with Crippen LogP contribution in [0.3, 0.4) is 0 Å². The maximum Gasteiger partial charge on any atom is 0.244 e. The number of carbonyl (C=O) groups is 2. The molecule has 3 aromatic rings. The van der Waals surface area contributed by atoms with Crippen LogP contribution in [-0.4, -0.2) is 50.5 Å². The lowest BCUT2D eigenvalue weighted by molar-refractivity contribution is -0.140. The molecule has 0 aliphatic carbocycles. The predicted octanol–water partition coefficient (Wildman–Crippen LogP) is 5.83. The van der Waals surface area contributed by atoms with Gasteiger partial charge in [0.25, 0.3) is 0 Å². The molecule has 1 N–H and O–H groups in total. The molecule has 0 spiro atoms. The maximum atomic E-state index is 14.1. The number of carbonyl (C=O) groups excluding carboxylic acids is 2. The molecule has 0 bridgehead atoms. The maximum absolute atomic E-state index is 14.1. The summed E-state index contributed by atoms with van der Waals surface area (Å²) >= 11 is 19.1. The summed E-state index contributed by atoms with van der Waals surface area (Å²) in [5.74, 6) is -0.809. The molecule has 11 heteroatoms. The molecular formula is C29H32Cl3N3O4S. The number of halogens is 3. The van der Waals surface area contributed by atoms with E-state index in [2.05, 4.69) is 5.32 Å². The van der Waals surface area contributed by atoms with Crippen LogP contribution in [0.1, 0.15) is 25.0 Å². The van der Waals surface area contributed by atoms with Gasteiger partial charge >= 0.3 is 0 Å². The summed E-state index contributed by atoms with van der Waals surface area (Å²) in [4.78, 5) is 29.1. The molecule has 0 aromatic heterocycles. The fourth-order valence-corrected chi connectivity index (χ4v) is 5.62. The van der Waals surface area contributed by atoms with Crippen LogP contribution >= 0.6 is 34.8 Å². The molecule has 214 valence electrons. The molecule has 0 saturated carbocycles. The van der Waals surface area contributed by atoms with Crippen molar-refractivity contribution in [2.75, 3.05) is 23.7 Å². The van der Waals surface area contributed by atoms with Crippen LogP contribution in [0.4, 0.5) is 5.69 Å². The largest absolute Gasteiger partial charge is 0.354 e. The zero-order chi connectivity index (χ0) is 29.4. The van der Waals surface area contributed by atoms with Crippen LogP contribution in [0.25, 0.3) is 0 Å². The van der Waals surface area contributed by atoms with Gasteiger partial charge in [-0.25, -0.2) is 8.42 Å². The lowest BCUT2D eigenvalue weighted by atomic mass is 10.0. The molecule has 0 aliphatic rings. The number of amides is 2. The van der Waals surface area contributed by atoms with E-state index in [1.54, 1.807) is 36.4 Å². The second kappa shape index (κ2) is 14.2. The zero-order valence-electron chi connectivity index (χ0n) is 22.5. The first-order valence-electron chi connectivity index (χ1n) is 12.6. The number of anilines is 1. The number of sulfonamides is 1. The first-order chi connectivity index (χ1) is 18.9. The summed E-state index contributed by atoms with van der Waals surface area (Å²) in [5.41, 5.74) is 1.50. The van der Waals surface area contributed by atoms with Gasteiger partial charge in [-0.2, -0.15) is 0 Å². The Hall–Kier alpha value is -2.78. The van der Waals surface area contributed by atoms with Gasteiger partial charge in [-0.05, 0) is 41.8 Å². The van der Waals surface area contributed by atoms with Gasteiger partial charge in [-0.3, -0.25) is 13.9 Å². The van der Waals surface area contributed by atoms with E-state index in [1.807, 2.05) is 44.2 Å². The van der Waals surface area contributed by atoms with Crippen molar-refractivity contribution < 1.29 is 18.0 Å². The highest BCUT2D eigenvalue weighted by Gasteiger charge is 2.33. The number of nitrogens with one attached hydrogen (secondary N) is 1. The Bertz CT molecular complexity index is 1420. The van der Waals surface area contributed by atoms with Crippen molar-refractivity contribution in [2.45, 2.75) is 32.9 Å². The lowest BCUT2D eigenvalue weighted by Gasteiger charge is -2.34. The van der Waals surface area contributed by atoms with Crippen LogP contribution in [-0.2, 0) is 32.6 Å². The van der Waals surface area contributed by atoms with Gasteiger partial charge in [-0.15, -0.1) is 0 Å². The molecule has 0 unspecified atom stereocenters. The Balaban J connectivity index is 2.09. The molecule has 3 rings (SSSR count). The Morgan fingerprint density at radius 2 is 1.52 bits per heavy atom. The first-order valence-corrected chi connectivity index (χ1v) is 15.6. The van der Waals surface area contributed by atoms with Crippen LogP contribution in [0, 0.1) is 5.92 Å². The van der Waals surface area contributed by atoms with Crippen molar-refractivity contribution >= 4 is 62.3 Å². The van der Waals surface area contributed by atoms with Gasteiger partial charge in [0.05, 0.1) is 11.9 Å². The quantitative estimate of drug-likeness (QED) is 0.275. The third kappa shape index (κ3) is 8.86. The molecule has 7 nitrogen and oxygen atoms in total. The Kier molecular flexibility index (Phi) is 11.3. The summed E-state index contributed by atoms with van der Waals surface area (Å²) in [6, 6.07) is 19.5. The second-order valence-electron chi connectivity index (χ2n) is 9.82. The van der Waals surface area contributed by atoms with Crippen LogP contribution in [0.15, 0.2) is 72.8 Å². The number of hydrogen-bond acceptors (Lipinski definition) is 4. The normalized spacial score (nSPS) is 12.2. The van der Waals surface area contributed by atoms with Crippen molar-refractivity contribution in [3.8, 4) is 0 Å². The van der Waals surface area contributed by atoms with Crippen molar-refractivity contribution in [1.29, 1.82) is 0 Å². The van der Waals surface area contributed by atoms with Gasteiger partial charge in [0.2, 0.25) is 21.8 Å². The summed E-state index contributed by atoms with van der Waals surface area (Å²) in [6.45, 7) is 3.65. The van der Waals surface area contributed by atoms with Gasteiger partial charge < -0.3 is 10.2 Å². The molecule has 0 saturated heterocycles. The molecule has 0 aliphatic heterocycles. The van der Waals surface area contributed by atoms with Gasteiger partial charge in [0, 0.05) is 40.1 Å². The molecule has 2 amide bonds. The highest BCUT2D eigenvalue weighted by atomic mass is 35.5. The van der Waals surface area contributed by atoms with E-state index in [1.165, 1.54) is 11.0 Å². The number of benzene rings is 3. The van der Waals surface area contributed by atoms with E-state index in [9.17, 15) is 18.0 Å².